The van der Waals surface area contributed by atoms with E-state index in [0.717, 1.165) is 92.9 Å². The molecule has 0 heterocycles. The highest BCUT2D eigenvalue weighted by Crippen LogP contribution is 2.33. The molecule has 0 radical (unpaired) electrons. The molecule has 0 spiro atoms. The van der Waals surface area contributed by atoms with Gasteiger partial charge >= 0.3 is 0 Å². The largest absolute Gasteiger partial charge is 0.507 e. The van der Waals surface area contributed by atoms with Crippen molar-refractivity contribution in [1.29, 1.82) is 0 Å². The van der Waals surface area contributed by atoms with Crippen LogP contribution in [0.25, 0.3) is 6.08 Å². The van der Waals surface area contributed by atoms with Crippen molar-refractivity contribution >= 4 is 12.3 Å². The first-order valence-electron chi connectivity index (χ1n) is 16.4. The van der Waals surface area contributed by atoms with Gasteiger partial charge in [-0.15, -0.1) is 0 Å². The summed E-state index contributed by atoms with van der Waals surface area (Å²) in [5.74, 6) is 1.20. The van der Waals surface area contributed by atoms with Crippen molar-refractivity contribution < 1.29 is 10.2 Å². The molecule has 0 bridgehead atoms. The van der Waals surface area contributed by atoms with Gasteiger partial charge in [-0.25, -0.2) is 0 Å². The Morgan fingerprint density at radius 1 is 0.675 bits per heavy atom. The minimum Gasteiger partial charge on any atom is -0.507 e. The zero-order valence-electron chi connectivity index (χ0n) is 25.9. The zero-order chi connectivity index (χ0) is 28.7. The van der Waals surface area contributed by atoms with E-state index in [2.05, 4.69) is 64.1 Å². The molecule has 3 nitrogen and oxygen atoms in total. The molecular weight excluding hydrogens is 490 g/mol. The monoisotopic (exact) mass is 545 g/mol. The van der Waals surface area contributed by atoms with Gasteiger partial charge in [-0.3, -0.25) is 4.99 Å². The number of hydrogen-bond acceptors (Lipinski definition) is 3. The highest BCUT2D eigenvalue weighted by atomic mass is 16.3. The summed E-state index contributed by atoms with van der Waals surface area (Å²) in [6, 6.07) is 8.97. The van der Waals surface area contributed by atoms with Gasteiger partial charge in [0.05, 0.1) is 6.04 Å². The van der Waals surface area contributed by atoms with Crippen LogP contribution in [0.2, 0.25) is 0 Å². The summed E-state index contributed by atoms with van der Waals surface area (Å²) in [7, 11) is 0. The van der Waals surface area contributed by atoms with E-state index >= 15 is 0 Å². The Hall–Kier alpha value is -2.55. The lowest BCUT2D eigenvalue weighted by molar-refractivity contribution is 0.365. The average Bonchev–Trinajstić information content (AvgIpc) is 2.97. The van der Waals surface area contributed by atoms with E-state index in [1.165, 1.54) is 43.2 Å². The summed E-state index contributed by atoms with van der Waals surface area (Å²) in [5, 5.41) is 22.2. The third kappa shape index (κ3) is 9.53. The van der Waals surface area contributed by atoms with Crippen LogP contribution >= 0.6 is 0 Å². The van der Waals surface area contributed by atoms with Crippen LogP contribution in [-0.4, -0.2) is 22.5 Å². The number of unbranched alkanes of at least 4 members (excludes halogenated alkanes) is 4. The van der Waals surface area contributed by atoms with Crippen LogP contribution in [0.5, 0.6) is 11.5 Å². The summed E-state index contributed by atoms with van der Waals surface area (Å²) >= 11 is 0. The number of phenols is 2. The summed E-state index contributed by atoms with van der Waals surface area (Å²) in [4.78, 5) is 5.09. The Morgan fingerprint density at radius 2 is 1.18 bits per heavy atom. The predicted octanol–water partition coefficient (Wildman–Crippen LogP) is 10.2. The van der Waals surface area contributed by atoms with Gasteiger partial charge in [0.15, 0.2) is 0 Å². The molecule has 2 aromatic rings. The Balaban J connectivity index is 1.85. The van der Waals surface area contributed by atoms with Gasteiger partial charge in [0.25, 0.3) is 0 Å². The Labute approximate surface area is 244 Å². The first-order chi connectivity index (χ1) is 19.5. The van der Waals surface area contributed by atoms with Crippen LogP contribution in [0.15, 0.2) is 35.3 Å². The second-order valence-corrected chi connectivity index (χ2v) is 12.0. The van der Waals surface area contributed by atoms with E-state index in [1.807, 2.05) is 6.21 Å². The fraction of sp³-hybridized carbons (Fsp3) is 0.595. The lowest BCUT2D eigenvalue weighted by Gasteiger charge is -2.26. The van der Waals surface area contributed by atoms with E-state index < -0.39 is 0 Å². The number of phenolic OH excluding ortho intramolecular Hbond substituents is 2. The molecule has 0 amide bonds. The standard InChI is InChI=1S/C37H55NO2/c1-5-9-15-28-23-31(17-11-7-3)36(39)33(25-28)22-21-30-19-13-14-20-35(30)38-27-34-26-29(16-10-6-2)24-32(37(34)40)18-12-8-4/h21-27,30,35,39-40H,5-20H2,1-4H3/b22-21+,38-27?/t30-,35+/m1/s1. The number of aryl methyl sites for hydroxylation is 4. The Morgan fingerprint density at radius 3 is 1.75 bits per heavy atom. The van der Waals surface area contributed by atoms with Crippen LogP contribution in [-0.2, 0) is 25.7 Å². The molecule has 220 valence electrons. The van der Waals surface area contributed by atoms with Crippen molar-refractivity contribution in [2.75, 3.05) is 0 Å². The topological polar surface area (TPSA) is 52.8 Å². The van der Waals surface area contributed by atoms with Gasteiger partial charge in [0, 0.05) is 17.3 Å². The lowest BCUT2D eigenvalue weighted by atomic mass is 9.84. The number of benzene rings is 2. The van der Waals surface area contributed by atoms with E-state index in [1.54, 1.807) is 0 Å². The van der Waals surface area contributed by atoms with Crippen LogP contribution in [0, 0.1) is 5.92 Å². The Bertz CT molecular complexity index is 1010. The van der Waals surface area contributed by atoms with Crippen LogP contribution < -0.4 is 0 Å². The second kappa shape index (κ2) is 17.3. The van der Waals surface area contributed by atoms with E-state index in [0.29, 0.717) is 17.4 Å². The molecule has 3 heteroatoms. The minimum absolute atomic E-state index is 0.202. The molecule has 1 aliphatic carbocycles. The quantitative estimate of drug-likeness (QED) is 0.206. The molecule has 3 rings (SSSR count). The van der Waals surface area contributed by atoms with Gasteiger partial charge < -0.3 is 10.2 Å². The molecule has 0 aromatic heterocycles. The number of rotatable bonds is 16. The molecule has 1 aliphatic rings. The maximum absolute atomic E-state index is 11.1. The molecule has 2 aromatic carbocycles. The van der Waals surface area contributed by atoms with Crippen molar-refractivity contribution in [3.05, 3.63) is 63.7 Å². The molecule has 2 atom stereocenters. The van der Waals surface area contributed by atoms with Crippen molar-refractivity contribution in [2.24, 2.45) is 10.9 Å². The third-order valence-corrected chi connectivity index (χ3v) is 8.50. The average molecular weight is 546 g/mol. The molecular formula is C37H55NO2. The number of aromatic hydroxyl groups is 2. The molecule has 0 saturated heterocycles. The molecule has 1 saturated carbocycles. The Kier molecular flexibility index (Phi) is 13.8. The lowest BCUT2D eigenvalue weighted by Crippen LogP contribution is -2.21. The summed E-state index contributed by atoms with van der Waals surface area (Å²) in [6.45, 7) is 8.86. The fourth-order valence-electron chi connectivity index (χ4n) is 5.92. The van der Waals surface area contributed by atoms with Gasteiger partial charge in [0.2, 0.25) is 0 Å². The fourth-order valence-corrected chi connectivity index (χ4v) is 5.92. The van der Waals surface area contributed by atoms with Gasteiger partial charge in [-0.2, -0.15) is 0 Å². The highest BCUT2D eigenvalue weighted by Gasteiger charge is 2.22. The molecule has 0 aliphatic heterocycles. The molecule has 2 N–H and O–H groups in total. The summed E-state index contributed by atoms with van der Waals surface area (Å²) in [6.07, 6.45) is 24.1. The zero-order valence-corrected chi connectivity index (χ0v) is 25.9. The maximum atomic E-state index is 11.1. The maximum Gasteiger partial charge on any atom is 0.127 e. The van der Waals surface area contributed by atoms with Gasteiger partial charge in [-0.1, -0.05) is 90.5 Å². The first-order valence-corrected chi connectivity index (χ1v) is 16.4. The summed E-state index contributed by atoms with van der Waals surface area (Å²) < 4.78 is 0. The van der Waals surface area contributed by atoms with E-state index in [9.17, 15) is 10.2 Å². The molecule has 40 heavy (non-hydrogen) atoms. The van der Waals surface area contributed by atoms with Crippen molar-refractivity contribution in [2.45, 2.75) is 136 Å². The molecule has 0 unspecified atom stereocenters. The van der Waals surface area contributed by atoms with Crippen molar-refractivity contribution in [3.63, 3.8) is 0 Å². The number of nitrogens with zero attached hydrogens (tertiary/aromatic N) is 1. The van der Waals surface area contributed by atoms with Crippen LogP contribution in [0.1, 0.15) is 138 Å². The third-order valence-electron chi connectivity index (χ3n) is 8.50. The van der Waals surface area contributed by atoms with Gasteiger partial charge in [-0.05, 0) is 105 Å². The number of hydrogen-bond donors (Lipinski definition) is 2. The normalized spacial score (nSPS) is 17.8. The van der Waals surface area contributed by atoms with Crippen molar-refractivity contribution in [3.8, 4) is 11.5 Å². The summed E-state index contributed by atoms with van der Waals surface area (Å²) in [5.41, 5.74) is 6.62. The van der Waals surface area contributed by atoms with Gasteiger partial charge in [0.1, 0.15) is 11.5 Å². The molecule has 1 fully saturated rings. The van der Waals surface area contributed by atoms with E-state index in [-0.39, 0.29) is 6.04 Å². The minimum atomic E-state index is 0.202. The van der Waals surface area contributed by atoms with Crippen LogP contribution in [0.4, 0.5) is 0 Å². The van der Waals surface area contributed by atoms with Crippen molar-refractivity contribution in [1.82, 2.24) is 0 Å². The SMILES string of the molecule is CCCCc1cc(C=N[C@H]2CCCC[C@@H]2/C=C/c2cc(CCCC)cc(CCCC)c2O)c(O)c(CCCC)c1. The highest BCUT2D eigenvalue weighted by molar-refractivity contribution is 5.84. The number of aliphatic imine (C=N–C) groups is 1. The van der Waals surface area contributed by atoms with Crippen LogP contribution in [0.3, 0.4) is 0 Å². The predicted molar refractivity (Wildman–Crippen MR) is 173 cm³/mol. The van der Waals surface area contributed by atoms with E-state index in [4.69, 9.17) is 4.99 Å². The smallest absolute Gasteiger partial charge is 0.127 e. The first kappa shape index (κ1) is 32.0. The second-order valence-electron chi connectivity index (χ2n) is 12.0.